The molecule has 0 saturated carbocycles. The molecular weight excluding hydrogens is 358 g/mol. The fourth-order valence-electron chi connectivity index (χ4n) is 4.39. The number of aromatic nitrogens is 3. The average molecular weight is 385 g/mol. The number of carbonyl (C=O) groups is 2. The molecule has 0 aromatic carbocycles. The molecule has 0 aliphatic carbocycles. The third-order valence-corrected chi connectivity index (χ3v) is 6.09. The standard InChI is InChI=1S/C20H27N5O3/c1-28-13-3-10-25-15-20(5-4-17(25)26)6-11-23(12-7-20)18(27)16-14-24-9-2-8-21-19(24)22-16/h2,8-9,14H,3-7,10-13,15H2,1H3. The summed E-state index contributed by atoms with van der Waals surface area (Å²) in [7, 11) is 1.69. The largest absolute Gasteiger partial charge is 0.385 e. The van der Waals surface area contributed by atoms with Crippen LogP contribution in [0, 0.1) is 5.41 Å². The van der Waals surface area contributed by atoms with E-state index in [0.717, 1.165) is 38.8 Å². The molecule has 2 aliphatic rings. The zero-order valence-corrected chi connectivity index (χ0v) is 16.3. The maximum atomic E-state index is 12.9. The Morgan fingerprint density at radius 3 is 2.86 bits per heavy atom. The van der Waals surface area contributed by atoms with Crippen molar-refractivity contribution in [1.29, 1.82) is 0 Å². The van der Waals surface area contributed by atoms with E-state index in [2.05, 4.69) is 9.97 Å². The summed E-state index contributed by atoms with van der Waals surface area (Å²) in [4.78, 5) is 37.5. The van der Waals surface area contributed by atoms with Crippen LogP contribution in [0.25, 0.3) is 5.78 Å². The van der Waals surface area contributed by atoms with Gasteiger partial charge in [0.1, 0.15) is 5.69 Å². The van der Waals surface area contributed by atoms with Gasteiger partial charge >= 0.3 is 0 Å². The lowest BCUT2D eigenvalue weighted by molar-refractivity contribution is -0.139. The fraction of sp³-hybridized carbons (Fsp3) is 0.600. The Hall–Kier alpha value is -2.48. The van der Waals surface area contributed by atoms with E-state index >= 15 is 0 Å². The van der Waals surface area contributed by atoms with Crippen LogP contribution in [0.2, 0.25) is 0 Å². The van der Waals surface area contributed by atoms with Crippen molar-refractivity contribution >= 4 is 17.6 Å². The molecule has 2 fully saturated rings. The molecule has 2 amide bonds. The van der Waals surface area contributed by atoms with Gasteiger partial charge in [-0.3, -0.25) is 14.0 Å². The molecule has 150 valence electrons. The number of carbonyl (C=O) groups excluding carboxylic acids is 2. The molecule has 8 nitrogen and oxygen atoms in total. The smallest absolute Gasteiger partial charge is 0.274 e. The Kier molecular flexibility index (Phi) is 5.30. The van der Waals surface area contributed by atoms with E-state index in [1.54, 1.807) is 23.9 Å². The first kappa shape index (κ1) is 18.9. The first-order valence-corrected chi connectivity index (χ1v) is 9.96. The summed E-state index contributed by atoms with van der Waals surface area (Å²) in [5.74, 6) is 0.749. The predicted octanol–water partition coefficient (Wildman–Crippen LogP) is 1.61. The molecule has 8 heteroatoms. The predicted molar refractivity (Wildman–Crippen MR) is 103 cm³/mol. The van der Waals surface area contributed by atoms with E-state index in [4.69, 9.17) is 4.74 Å². The van der Waals surface area contributed by atoms with Gasteiger partial charge in [-0.2, -0.15) is 0 Å². The summed E-state index contributed by atoms with van der Waals surface area (Å²) in [5, 5.41) is 0. The minimum atomic E-state index is -0.0378. The van der Waals surface area contributed by atoms with Gasteiger partial charge in [-0.25, -0.2) is 9.97 Å². The van der Waals surface area contributed by atoms with Crippen LogP contribution in [0.4, 0.5) is 0 Å². The number of piperidine rings is 2. The van der Waals surface area contributed by atoms with Gasteiger partial charge in [-0.1, -0.05) is 0 Å². The second-order valence-electron chi connectivity index (χ2n) is 7.91. The van der Waals surface area contributed by atoms with Crippen LogP contribution in [-0.2, 0) is 9.53 Å². The molecule has 0 bridgehead atoms. The topological polar surface area (TPSA) is 80.0 Å². The van der Waals surface area contributed by atoms with Crippen molar-refractivity contribution in [2.24, 2.45) is 5.41 Å². The first-order valence-electron chi connectivity index (χ1n) is 9.96. The lowest BCUT2D eigenvalue weighted by Gasteiger charge is -2.47. The van der Waals surface area contributed by atoms with E-state index in [1.807, 2.05) is 22.1 Å². The molecule has 2 aromatic rings. The third kappa shape index (κ3) is 3.73. The molecular formula is C20H27N5O3. The number of rotatable bonds is 5. The zero-order valence-electron chi connectivity index (χ0n) is 16.3. The summed E-state index contributed by atoms with van der Waals surface area (Å²) in [6.45, 7) is 3.65. The Morgan fingerprint density at radius 1 is 1.29 bits per heavy atom. The fourth-order valence-corrected chi connectivity index (χ4v) is 4.39. The second-order valence-corrected chi connectivity index (χ2v) is 7.91. The molecule has 1 spiro atoms. The maximum Gasteiger partial charge on any atom is 0.274 e. The summed E-state index contributed by atoms with van der Waals surface area (Å²) in [5.41, 5.74) is 0.577. The van der Waals surface area contributed by atoms with Crippen molar-refractivity contribution in [1.82, 2.24) is 24.2 Å². The van der Waals surface area contributed by atoms with Crippen LogP contribution < -0.4 is 0 Å². The molecule has 2 aromatic heterocycles. The van der Waals surface area contributed by atoms with Crippen molar-refractivity contribution in [3.05, 3.63) is 30.4 Å². The van der Waals surface area contributed by atoms with Crippen molar-refractivity contribution in [2.45, 2.75) is 32.1 Å². The number of imidazole rings is 1. The Bertz CT molecular complexity index is 823. The highest BCUT2D eigenvalue weighted by molar-refractivity contribution is 5.92. The summed E-state index contributed by atoms with van der Waals surface area (Å²) < 4.78 is 6.88. The Morgan fingerprint density at radius 2 is 2.11 bits per heavy atom. The van der Waals surface area contributed by atoms with Gasteiger partial charge in [-0.15, -0.1) is 0 Å². The number of hydrogen-bond acceptors (Lipinski definition) is 5. The van der Waals surface area contributed by atoms with Gasteiger partial charge in [0.25, 0.3) is 5.91 Å². The second kappa shape index (κ2) is 7.87. The molecule has 28 heavy (non-hydrogen) atoms. The van der Waals surface area contributed by atoms with E-state index in [0.29, 0.717) is 37.6 Å². The normalized spacial score (nSPS) is 19.5. The summed E-state index contributed by atoms with van der Waals surface area (Å²) in [6.07, 6.45) is 9.51. The highest BCUT2D eigenvalue weighted by atomic mass is 16.5. The first-order chi connectivity index (χ1) is 13.6. The highest BCUT2D eigenvalue weighted by Crippen LogP contribution is 2.40. The van der Waals surface area contributed by atoms with Crippen molar-refractivity contribution in [3.63, 3.8) is 0 Å². The Labute approximate surface area is 164 Å². The lowest BCUT2D eigenvalue weighted by atomic mass is 9.72. The molecule has 4 heterocycles. The Balaban J connectivity index is 1.38. The number of methoxy groups -OCH3 is 1. The van der Waals surface area contributed by atoms with Crippen LogP contribution >= 0.6 is 0 Å². The van der Waals surface area contributed by atoms with Crippen molar-refractivity contribution < 1.29 is 14.3 Å². The van der Waals surface area contributed by atoms with Crippen LogP contribution in [0.3, 0.4) is 0 Å². The van der Waals surface area contributed by atoms with Gasteiger partial charge in [0, 0.05) is 64.9 Å². The van der Waals surface area contributed by atoms with E-state index in [1.165, 1.54) is 0 Å². The van der Waals surface area contributed by atoms with E-state index in [-0.39, 0.29) is 17.2 Å². The quantitative estimate of drug-likeness (QED) is 0.731. The molecule has 0 N–H and O–H groups in total. The number of nitrogens with zero attached hydrogens (tertiary/aromatic N) is 5. The molecule has 2 saturated heterocycles. The maximum absolute atomic E-state index is 12.9. The van der Waals surface area contributed by atoms with E-state index in [9.17, 15) is 9.59 Å². The zero-order chi connectivity index (χ0) is 19.6. The molecule has 0 atom stereocenters. The molecule has 4 rings (SSSR count). The minimum Gasteiger partial charge on any atom is -0.385 e. The van der Waals surface area contributed by atoms with Gasteiger partial charge in [0.2, 0.25) is 11.7 Å². The van der Waals surface area contributed by atoms with Gasteiger partial charge < -0.3 is 14.5 Å². The van der Waals surface area contributed by atoms with Crippen LogP contribution in [-0.4, -0.2) is 75.9 Å². The number of likely N-dealkylation sites (tertiary alicyclic amines) is 2. The number of hydrogen-bond donors (Lipinski definition) is 0. The van der Waals surface area contributed by atoms with Gasteiger partial charge in [0.15, 0.2) is 0 Å². The minimum absolute atomic E-state index is 0.0378. The van der Waals surface area contributed by atoms with Crippen molar-refractivity contribution in [2.75, 3.05) is 39.9 Å². The lowest BCUT2D eigenvalue weighted by Crippen LogP contribution is -2.52. The number of fused-ring (bicyclic) bond motifs is 1. The molecule has 0 unspecified atom stereocenters. The van der Waals surface area contributed by atoms with Gasteiger partial charge in [0.05, 0.1) is 0 Å². The van der Waals surface area contributed by atoms with Gasteiger partial charge in [-0.05, 0) is 37.2 Å². The average Bonchev–Trinajstić information content (AvgIpc) is 3.15. The summed E-state index contributed by atoms with van der Waals surface area (Å²) in [6, 6.07) is 1.82. The third-order valence-electron chi connectivity index (χ3n) is 6.09. The molecule has 2 aliphatic heterocycles. The van der Waals surface area contributed by atoms with Crippen LogP contribution in [0.5, 0.6) is 0 Å². The summed E-state index contributed by atoms with van der Waals surface area (Å²) >= 11 is 0. The SMILES string of the molecule is COCCCN1CC2(CCC1=O)CCN(C(=O)c1cn3cccnc3n1)CC2. The van der Waals surface area contributed by atoms with Crippen LogP contribution in [0.15, 0.2) is 24.7 Å². The highest BCUT2D eigenvalue weighted by Gasteiger charge is 2.41. The van der Waals surface area contributed by atoms with E-state index < -0.39 is 0 Å². The number of amides is 2. The monoisotopic (exact) mass is 385 g/mol. The van der Waals surface area contributed by atoms with Crippen molar-refractivity contribution in [3.8, 4) is 0 Å². The molecule has 0 radical (unpaired) electrons. The number of ether oxygens (including phenoxy) is 1. The van der Waals surface area contributed by atoms with Crippen LogP contribution in [0.1, 0.15) is 42.6 Å².